The summed E-state index contributed by atoms with van der Waals surface area (Å²) in [6.45, 7) is 0. The van der Waals surface area contributed by atoms with Crippen molar-refractivity contribution in [3.63, 3.8) is 0 Å². The van der Waals surface area contributed by atoms with Gasteiger partial charge in [-0.1, -0.05) is 0 Å². The lowest BCUT2D eigenvalue weighted by atomic mass is 10.5. The molecule has 0 atom stereocenters. The van der Waals surface area contributed by atoms with Gasteiger partial charge >= 0.3 is 7.69 Å². The lowest BCUT2D eigenvalue weighted by molar-refractivity contribution is 0.448. The molecule has 46 valence electrons. The zero-order chi connectivity index (χ0) is 6.69. The van der Waals surface area contributed by atoms with Crippen LogP contribution in [0.4, 0.5) is 0 Å². The molecule has 0 aromatic rings. The number of aromatic nitrogens is 1. The van der Waals surface area contributed by atoms with Gasteiger partial charge in [0.05, 0.1) is 5.69 Å². The zero-order valence-electron chi connectivity index (χ0n) is 4.78. The Balaban J connectivity index is 0.000000120. The molecule has 0 aromatic carbocycles. The second-order valence-corrected chi connectivity index (χ2v) is 1.57. The lowest BCUT2D eigenvalue weighted by Gasteiger charge is -1.50. The van der Waals surface area contributed by atoms with Crippen LogP contribution in [0.3, 0.4) is 0 Å². The molecule has 0 saturated heterocycles. The smallest absolute Gasteiger partial charge is 0.430 e. The van der Waals surface area contributed by atoms with Crippen LogP contribution in [0.5, 0.6) is 0 Å². The van der Waals surface area contributed by atoms with Gasteiger partial charge in [0, 0.05) is 11.8 Å². The van der Waals surface area contributed by atoms with Crippen molar-refractivity contribution in [1.29, 1.82) is 0 Å². The molecule has 2 aliphatic rings. The van der Waals surface area contributed by atoms with E-state index in [1.54, 1.807) is 0 Å². The Kier molecular flexibility index (Phi) is 1.82. The minimum Gasteiger partial charge on any atom is -0.430 e. The van der Waals surface area contributed by atoms with Crippen LogP contribution in [0.2, 0.25) is 0 Å². The summed E-state index contributed by atoms with van der Waals surface area (Å²) < 4.78 is 0. The van der Waals surface area contributed by atoms with E-state index in [-0.39, 0.29) is 0 Å². The van der Waals surface area contributed by atoms with E-state index in [0.29, 0.717) is 0 Å². The highest BCUT2D eigenvalue weighted by Gasteiger charge is 2.09. The third-order valence-electron chi connectivity index (χ3n) is 0.972. The summed E-state index contributed by atoms with van der Waals surface area (Å²) in [6.07, 6.45) is 1.82. The second-order valence-electron chi connectivity index (χ2n) is 1.57. The topological polar surface area (TPSA) is 53.4 Å². The van der Waals surface area contributed by atoms with E-state index >= 15 is 0 Å². The first-order valence-electron chi connectivity index (χ1n) is 2.56. The van der Waals surface area contributed by atoms with Crippen LogP contribution in [0.15, 0.2) is 18.3 Å². The third kappa shape index (κ3) is 1.52. The Morgan fingerprint density at radius 1 is 1.44 bits per heavy atom. The maximum absolute atomic E-state index is 7.12. The van der Waals surface area contributed by atoms with Gasteiger partial charge in [-0.15, -0.1) is 0 Å². The number of hydrogen-bond acceptors (Lipinski definition) is 3. The Bertz CT molecular complexity index is 187. The average Bonchev–Trinajstić information content (AvgIpc) is 2.43. The number of nitrogens with zero attached hydrogens (tertiary/aromatic N) is 1. The van der Waals surface area contributed by atoms with Crippen LogP contribution in [0.25, 0.3) is 11.3 Å². The minimum absolute atomic E-state index is 0.750. The van der Waals surface area contributed by atoms with Gasteiger partial charge in [0.1, 0.15) is 0 Å². The van der Waals surface area contributed by atoms with Gasteiger partial charge in [-0.25, -0.2) is 0 Å². The van der Waals surface area contributed by atoms with Gasteiger partial charge in [0.2, 0.25) is 0 Å². The van der Waals surface area contributed by atoms with Crippen molar-refractivity contribution >= 4 is 7.69 Å². The van der Waals surface area contributed by atoms with E-state index < -0.39 is 7.69 Å². The lowest BCUT2D eigenvalue weighted by Crippen LogP contribution is -1.75. The molecule has 0 amide bonds. The highest BCUT2D eigenvalue weighted by Crippen LogP contribution is 2.29. The van der Waals surface area contributed by atoms with E-state index in [0.717, 1.165) is 0 Å². The number of rotatable bonds is 0. The number of hydrogen-bond donors (Lipinski definition) is 2. The minimum atomic E-state index is -0.750. The molecular formula is C5H6BNO2. The second kappa shape index (κ2) is 2.61. The molecule has 9 heavy (non-hydrogen) atoms. The first-order valence-corrected chi connectivity index (χ1v) is 2.56. The third-order valence-corrected chi connectivity index (χ3v) is 0.972. The van der Waals surface area contributed by atoms with Crippen molar-refractivity contribution in [2.45, 2.75) is 0 Å². The molecule has 0 fully saturated rings. The van der Waals surface area contributed by atoms with E-state index in [2.05, 4.69) is 11.1 Å². The maximum Gasteiger partial charge on any atom is 0.432 e. The highest BCUT2D eigenvalue weighted by atomic mass is 16.4. The standard InChI is InChI=1S/C5H3N.BH3O2/c1-2-6-5-3-4(1)5;2-1-3/h1-3H;1-3H. The largest absolute Gasteiger partial charge is 0.432 e. The highest BCUT2D eigenvalue weighted by molar-refractivity contribution is 6.13. The van der Waals surface area contributed by atoms with Crippen molar-refractivity contribution in [3.05, 3.63) is 18.3 Å². The monoisotopic (exact) mass is 123 g/mol. The van der Waals surface area contributed by atoms with Gasteiger partial charge < -0.3 is 10.0 Å². The molecule has 1 aliphatic heterocycles. The van der Waals surface area contributed by atoms with E-state index in [4.69, 9.17) is 10.0 Å². The SMILES string of the molecule is OBO.c1cc2cc-2n1. The Morgan fingerprint density at radius 3 is 2.22 bits per heavy atom. The zero-order valence-corrected chi connectivity index (χ0v) is 4.78. The molecular weight excluding hydrogens is 117 g/mol. The molecule has 0 saturated carbocycles. The summed E-state index contributed by atoms with van der Waals surface area (Å²) >= 11 is 0. The molecule has 1 heterocycles. The summed E-state index contributed by atoms with van der Waals surface area (Å²) in [5.41, 5.74) is 2.49. The molecule has 2 N–H and O–H groups in total. The first-order chi connectivity index (χ1) is 4.38. The fourth-order valence-electron chi connectivity index (χ4n) is 0.554. The summed E-state index contributed by atoms with van der Waals surface area (Å²) in [5, 5.41) is 14.2. The molecule has 4 heteroatoms. The van der Waals surface area contributed by atoms with Gasteiger partial charge in [0.15, 0.2) is 0 Å². The summed E-state index contributed by atoms with van der Waals surface area (Å²) in [4.78, 5) is 3.95. The van der Waals surface area contributed by atoms with Gasteiger partial charge in [-0.05, 0) is 12.1 Å². The average molecular weight is 123 g/mol. The molecule has 0 radical (unpaired) electrons. The van der Waals surface area contributed by atoms with Crippen LogP contribution < -0.4 is 0 Å². The van der Waals surface area contributed by atoms with Crippen molar-refractivity contribution in [3.8, 4) is 11.3 Å². The molecule has 0 bridgehead atoms. The summed E-state index contributed by atoms with van der Waals surface area (Å²) in [7, 11) is -0.750. The van der Waals surface area contributed by atoms with Crippen LogP contribution in [0.1, 0.15) is 0 Å². The predicted molar refractivity (Wildman–Crippen MR) is 34.8 cm³/mol. The summed E-state index contributed by atoms with van der Waals surface area (Å²) in [6, 6.07) is 4.06. The first kappa shape index (κ1) is 6.26. The number of pyridine rings is 1. The van der Waals surface area contributed by atoms with Crippen molar-refractivity contribution in [2.24, 2.45) is 0 Å². The van der Waals surface area contributed by atoms with Crippen molar-refractivity contribution in [2.75, 3.05) is 0 Å². The fraction of sp³-hybridized carbons (Fsp3) is 0. The Morgan fingerprint density at radius 2 is 2.11 bits per heavy atom. The van der Waals surface area contributed by atoms with Gasteiger partial charge in [0.25, 0.3) is 0 Å². The van der Waals surface area contributed by atoms with Gasteiger partial charge in [-0.2, -0.15) is 0 Å². The van der Waals surface area contributed by atoms with Crippen molar-refractivity contribution in [1.82, 2.24) is 4.98 Å². The molecule has 0 unspecified atom stereocenters. The van der Waals surface area contributed by atoms with E-state index in [9.17, 15) is 0 Å². The van der Waals surface area contributed by atoms with Crippen LogP contribution >= 0.6 is 0 Å². The van der Waals surface area contributed by atoms with Crippen LogP contribution in [-0.4, -0.2) is 22.7 Å². The molecule has 2 rings (SSSR count). The molecule has 3 nitrogen and oxygen atoms in total. The summed E-state index contributed by atoms with van der Waals surface area (Å²) in [5.74, 6) is 0. The van der Waals surface area contributed by atoms with Gasteiger partial charge in [-0.3, -0.25) is 4.98 Å². The maximum atomic E-state index is 7.12. The quantitative estimate of drug-likeness (QED) is 0.455. The molecule has 1 aliphatic carbocycles. The number of fused-ring (bicyclic) bond motifs is 1. The van der Waals surface area contributed by atoms with E-state index in [1.165, 1.54) is 11.3 Å². The van der Waals surface area contributed by atoms with Crippen LogP contribution in [-0.2, 0) is 0 Å². The predicted octanol–water partition coefficient (Wildman–Crippen LogP) is -0.701. The molecule has 0 spiro atoms. The Hall–Kier alpha value is -0.865. The normalized spacial score (nSPS) is 9.11. The fourth-order valence-corrected chi connectivity index (χ4v) is 0.554. The molecule has 0 aromatic heterocycles. The van der Waals surface area contributed by atoms with Crippen LogP contribution in [0, 0.1) is 0 Å². The van der Waals surface area contributed by atoms with E-state index in [1.807, 2.05) is 12.3 Å². The van der Waals surface area contributed by atoms with Crippen molar-refractivity contribution < 1.29 is 10.0 Å². The Labute approximate surface area is 53.3 Å².